The van der Waals surface area contributed by atoms with Crippen LogP contribution in [0.25, 0.3) is 6.08 Å². The minimum Gasteiger partial charge on any atom is -0.206 e. The number of allylic oxidation sites excluding steroid dienone is 1. The summed E-state index contributed by atoms with van der Waals surface area (Å²) in [5.41, 5.74) is 1.48. The number of unbranched alkanes of at least 4 members (excludes halogenated alkanes) is 1. The molecule has 0 amide bonds. The van der Waals surface area contributed by atoms with E-state index in [0.29, 0.717) is 11.5 Å². The molecule has 158 valence electrons. The molecule has 1 aromatic rings. The quantitative estimate of drug-likeness (QED) is 0.425. The van der Waals surface area contributed by atoms with Crippen molar-refractivity contribution >= 4 is 6.08 Å². The van der Waals surface area contributed by atoms with Crippen LogP contribution >= 0.6 is 0 Å². The standard InChI is InChI=1S/C28H39F/c1-3-5-6-8-27-20-15-24(21-28(27)29)10-9-23-13-18-26(19-14-23)25-16-11-22(7-4-2)12-17-25/h6,8,15,20-23,25-26H,3-5,7,11-14,16-19H2,1-2H3/b8-6+. The zero-order chi connectivity index (χ0) is 20.5. The van der Waals surface area contributed by atoms with Gasteiger partial charge in [-0.05, 0) is 74.8 Å². The minimum absolute atomic E-state index is 0.161. The van der Waals surface area contributed by atoms with Crippen LogP contribution in [0.4, 0.5) is 4.39 Å². The molecule has 0 aliphatic heterocycles. The van der Waals surface area contributed by atoms with Crippen molar-refractivity contribution in [2.45, 2.75) is 90.9 Å². The summed E-state index contributed by atoms with van der Waals surface area (Å²) in [5.74, 6) is 9.95. The van der Waals surface area contributed by atoms with Gasteiger partial charge in [-0.25, -0.2) is 4.39 Å². The average molecular weight is 395 g/mol. The maximum atomic E-state index is 14.3. The molecule has 0 atom stereocenters. The highest BCUT2D eigenvalue weighted by molar-refractivity contribution is 5.52. The Morgan fingerprint density at radius 3 is 2.24 bits per heavy atom. The van der Waals surface area contributed by atoms with Crippen molar-refractivity contribution in [1.82, 2.24) is 0 Å². The molecule has 2 aliphatic carbocycles. The van der Waals surface area contributed by atoms with Crippen LogP contribution in [0.2, 0.25) is 0 Å². The molecular weight excluding hydrogens is 355 g/mol. The molecule has 0 saturated heterocycles. The number of benzene rings is 1. The second-order valence-electron chi connectivity index (χ2n) is 9.38. The fourth-order valence-corrected chi connectivity index (χ4v) is 5.39. The molecule has 1 heteroatoms. The predicted molar refractivity (Wildman–Crippen MR) is 123 cm³/mol. The van der Waals surface area contributed by atoms with Crippen LogP contribution in [0.3, 0.4) is 0 Å². The van der Waals surface area contributed by atoms with Crippen LogP contribution in [0.15, 0.2) is 24.3 Å². The van der Waals surface area contributed by atoms with Crippen LogP contribution in [-0.4, -0.2) is 0 Å². The van der Waals surface area contributed by atoms with Gasteiger partial charge in [0, 0.05) is 17.0 Å². The Labute approximate surface area is 178 Å². The van der Waals surface area contributed by atoms with Crippen molar-refractivity contribution in [3.05, 3.63) is 41.2 Å². The topological polar surface area (TPSA) is 0 Å². The molecule has 1 aromatic carbocycles. The summed E-state index contributed by atoms with van der Waals surface area (Å²) >= 11 is 0. The molecule has 0 N–H and O–H groups in total. The van der Waals surface area contributed by atoms with Crippen molar-refractivity contribution < 1.29 is 4.39 Å². The van der Waals surface area contributed by atoms with E-state index in [2.05, 4.69) is 25.7 Å². The lowest BCUT2D eigenvalue weighted by Gasteiger charge is -2.37. The number of hydrogen-bond donors (Lipinski definition) is 0. The number of halogens is 1. The molecule has 0 radical (unpaired) electrons. The third-order valence-corrected chi connectivity index (χ3v) is 7.20. The Balaban J connectivity index is 1.47. The maximum Gasteiger partial charge on any atom is 0.131 e. The van der Waals surface area contributed by atoms with Crippen LogP contribution < -0.4 is 0 Å². The van der Waals surface area contributed by atoms with Gasteiger partial charge in [-0.2, -0.15) is 0 Å². The molecule has 0 heterocycles. The fraction of sp³-hybridized carbons (Fsp3) is 0.643. The van der Waals surface area contributed by atoms with E-state index in [-0.39, 0.29) is 5.82 Å². The second kappa shape index (κ2) is 11.6. The van der Waals surface area contributed by atoms with Crippen molar-refractivity contribution in [3.63, 3.8) is 0 Å². The highest BCUT2D eigenvalue weighted by Crippen LogP contribution is 2.42. The first kappa shape index (κ1) is 22.1. The van der Waals surface area contributed by atoms with Gasteiger partial charge in [0.1, 0.15) is 5.82 Å². The van der Waals surface area contributed by atoms with Gasteiger partial charge in [-0.1, -0.05) is 76.0 Å². The first-order valence-corrected chi connectivity index (χ1v) is 12.2. The van der Waals surface area contributed by atoms with Crippen molar-refractivity contribution in [2.75, 3.05) is 0 Å². The van der Waals surface area contributed by atoms with E-state index < -0.39 is 0 Å². The summed E-state index contributed by atoms with van der Waals surface area (Å²) in [6.07, 6.45) is 19.8. The lowest BCUT2D eigenvalue weighted by molar-refractivity contribution is 0.154. The van der Waals surface area contributed by atoms with E-state index in [1.807, 2.05) is 24.3 Å². The van der Waals surface area contributed by atoms with Crippen LogP contribution in [0.5, 0.6) is 0 Å². The Morgan fingerprint density at radius 1 is 0.931 bits per heavy atom. The summed E-state index contributed by atoms with van der Waals surface area (Å²) in [6, 6.07) is 5.42. The highest BCUT2D eigenvalue weighted by atomic mass is 19.1. The Morgan fingerprint density at radius 2 is 1.62 bits per heavy atom. The molecule has 3 rings (SSSR count). The third-order valence-electron chi connectivity index (χ3n) is 7.20. The smallest absolute Gasteiger partial charge is 0.131 e. The van der Waals surface area contributed by atoms with E-state index in [4.69, 9.17) is 0 Å². The first-order chi connectivity index (χ1) is 14.2. The molecule has 0 aromatic heterocycles. The molecule has 2 fully saturated rings. The maximum absolute atomic E-state index is 14.3. The van der Waals surface area contributed by atoms with E-state index in [1.54, 1.807) is 6.07 Å². The largest absolute Gasteiger partial charge is 0.206 e. The normalized spacial score (nSPS) is 27.6. The predicted octanol–water partition coefficient (Wildman–Crippen LogP) is 8.40. The number of rotatable bonds is 6. The highest BCUT2D eigenvalue weighted by Gasteiger charge is 2.30. The van der Waals surface area contributed by atoms with Crippen LogP contribution in [0.1, 0.15) is 102 Å². The summed E-state index contributed by atoms with van der Waals surface area (Å²) in [6.45, 7) is 4.45. The molecule has 2 saturated carbocycles. The molecular formula is C28H39F. The molecule has 0 spiro atoms. The van der Waals surface area contributed by atoms with Gasteiger partial charge >= 0.3 is 0 Å². The van der Waals surface area contributed by atoms with Crippen molar-refractivity contribution in [3.8, 4) is 11.8 Å². The molecule has 0 bridgehead atoms. The molecule has 29 heavy (non-hydrogen) atoms. The zero-order valence-electron chi connectivity index (χ0n) is 18.6. The van der Waals surface area contributed by atoms with Crippen LogP contribution in [-0.2, 0) is 0 Å². The van der Waals surface area contributed by atoms with E-state index in [9.17, 15) is 4.39 Å². The Kier molecular flexibility index (Phi) is 8.85. The summed E-state index contributed by atoms with van der Waals surface area (Å²) in [5, 5.41) is 0. The molecule has 2 aliphatic rings. The molecule has 0 unspecified atom stereocenters. The second-order valence-corrected chi connectivity index (χ2v) is 9.38. The Bertz CT molecular complexity index is 704. The van der Waals surface area contributed by atoms with Gasteiger partial charge in [0.15, 0.2) is 0 Å². The van der Waals surface area contributed by atoms with Gasteiger partial charge in [0.2, 0.25) is 0 Å². The Hall–Kier alpha value is -1.55. The minimum atomic E-state index is -0.161. The lowest BCUT2D eigenvalue weighted by atomic mass is 9.69. The van der Waals surface area contributed by atoms with Crippen molar-refractivity contribution in [2.24, 2.45) is 23.7 Å². The van der Waals surface area contributed by atoms with Crippen molar-refractivity contribution in [1.29, 1.82) is 0 Å². The summed E-state index contributed by atoms with van der Waals surface area (Å²) in [4.78, 5) is 0. The van der Waals surface area contributed by atoms with Crippen LogP contribution in [0, 0.1) is 41.3 Å². The SMILES string of the molecule is CCC/C=C/c1ccc(C#CC2CCC(C3CCC(CCC)CC3)CC2)cc1F. The summed E-state index contributed by atoms with van der Waals surface area (Å²) < 4.78 is 14.3. The van der Waals surface area contributed by atoms with Gasteiger partial charge in [0.25, 0.3) is 0 Å². The first-order valence-electron chi connectivity index (χ1n) is 12.2. The van der Waals surface area contributed by atoms with Gasteiger partial charge < -0.3 is 0 Å². The van der Waals surface area contributed by atoms with Gasteiger partial charge in [-0.3, -0.25) is 0 Å². The van der Waals surface area contributed by atoms with E-state index in [1.165, 1.54) is 64.2 Å². The van der Waals surface area contributed by atoms with Gasteiger partial charge in [0.05, 0.1) is 0 Å². The zero-order valence-corrected chi connectivity index (χ0v) is 18.6. The number of hydrogen-bond acceptors (Lipinski definition) is 0. The summed E-state index contributed by atoms with van der Waals surface area (Å²) in [7, 11) is 0. The average Bonchev–Trinajstić information content (AvgIpc) is 2.75. The lowest BCUT2D eigenvalue weighted by Crippen LogP contribution is -2.25. The monoisotopic (exact) mass is 394 g/mol. The molecule has 0 nitrogen and oxygen atoms in total. The van der Waals surface area contributed by atoms with Gasteiger partial charge in [-0.15, -0.1) is 0 Å². The third kappa shape index (κ3) is 6.74. The van der Waals surface area contributed by atoms with E-state index >= 15 is 0 Å². The van der Waals surface area contributed by atoms with E-state index in [0.717, 1.165) is 36.2 Å². The fourth-order valence-electron chi connectivity index (χ4n) is 5.39.